The normalized spacial score (nSPS) is 29.8. The fourth-order valence-electron chi connectivity index (χ4n) is 4.56. The molecule has 2 N–H and O–H groups in total. The SMILES string of the molecule is COc1cccc(NC(=O)NC2CC3CCCC(C2)N3C2CC2)c1. The molecule has 2 aliphatic heterocycles. The molecule has 1 aromatic carbocycles. The van der Waals surface area contributed by atoms with Crippen LogP contribution in [0.1, 0.15) is 44.9 Å². The number of ether oxygens (including phenoxy) is 1. The minimum Gasteiger partial charge on any atom is -0.497 e. The summed E-state index contributed by atoms with van der Waals surface area (Å²) in [5, 5.41) is 6.13. The molecule has 130 valence electrons. The number of rotatable bonds is 4. The van der Waals surface area contributed by atoms with Gasteiger partial charge in [0.25, 0.3) is 0 Å². The maximum Gasteiger partial charge on any atom is 0.319 e. The lowest BCUT2D eigenvalue weighted by Crippen LogP contribution is -2.58. The number of fused-ring (bicyclic) bond motifs is 2. The van der Waals surface area contributed by atoms with Gasteiger partial charge in [-0.15, -0.1) is 0 Å². The van der Waals surface area contributed by atoms with E-state index in [0.717, 1.165) is 30.3 Å². The van der Waals surface area contributed by atoms with Crippen LogP contribution >= 0.6 is 0 Å². The van der Waals surface area contributed by atoms with Crippen molar-refractivity contribution in [3.05, 3.63) is 24.3 Å². The van der Waals surface area contributed by atoms with Crippen LogP contribution in [0.5, 0.6) is 5.75 Å². The van der Waals surface area contributed by atoms with Gasteiger partial charge in [0.15, 0.2) is 0 Å². The number of amides is 2. The molecule has 2 amide bonds. The second-order valence-electron chi connectivity index (χ2n) is 7.42. The molecule has 2 bridgehead atoms. The van der Waals surface area contributed by atoms with Crippen LogP contribution in [0.4, 0.5) is 10.5 Å². The first kappa shape index (κ1) is 15.8. The number of nitrogens with zero attached hydrogens (tertiary/aromatic N) is 1. The number of methoxy groups -OCH3 is 1. The number of carbonyl (C=O) groups is 1. The van der Waals surface area contributed by atoms with Gasteiger partial charge in [0.1, 0.15) is 5.75 Å². The van der Waals surface area contributed by atoms with Gasteiger partial charge in [0.05, 0.1) is 7.11 Å². The van der Waals surface area contributed by atoms with Crippen LogP contribution in [0.25, 0.3) is 0 Å². The molecule has 4 rings (SSSR count). The van der Waals surface area contributed by atoms with Crippen molar-refractivity contribution in [3.8, 4) is 5.75 Å². The van der Waals surface area contributed by atoms with E-state index < -0.39 is 0 Å². The number of hydrogen-bond donors (Lipinski definition) is 2. The zero-order valence-corrected chi connectivity index (χ0v) is 14.3. The Balaban J connectivity index is 1.34. The van der Waals surface area contributed by atoms with Crippen molar-refractivity contribution in [2.75, 3.05) is 12.4 Å². The molecule has 3 aliphatic rings. The molecule has 24 heavy (non-hydrogen) atoms. The van der Waals surface area contributed by atoms with Crippen molar-refractivity contribution >= 4 is 11.7 Å². The van der Waals surface area contributed by atoms with Crippen LogP contribution < -0.4 is 15.4 Å². The Morgan fingerprint density at radius 3 is 2.54 bits per heavy atom. The van der Waals surface area contributed by atoms with E-state index >= 15 is 0 Å². The molecule has 3 fully saturated rings. The number of carbonyl (C=O) groups excluding carboxylic acids is 1. The molecule has 0 spiro atoms. The number of benzene rings is 1. The predicted octanol–water partition coefficient (Wildman–Crippen LogP) is 3.36. The van der Waals surface area contributed by atoms with Gasteiger partial charge >= 0.3 is 6.03 Å². The number of nitrogens with one attached hydrogen (secondary N) is 2. The molecule has 2 unspecified atom stereocenters. The third-order valence-corrected chi connectivity index (χ3v) is 5.66. The minimum atomic E-state index is -0.105. The number of anilines is 1. The van der Waals surface area contributed by atoms with Crippen LogP contribution in [-0.2, 0) is 0 Å². The fourth-order valence-corrected chi connectivity index (χ4v) is 4.56. The molecule has 2 atom stereocenters. The summed E-state index contributed by atoms with van der Waals surface area (Å²) in [6, 6.07) is 9.85. The van der Waals surface area contributed by atoms with E-state index in [9.17, 15) is 4.79 Å². The summed E-state index contributed by atoms with van der Waals surface area (Å²) in [5.41, 5.74) is 0.766. The Bertz CT molecular complexity index is 588. The standard InChI is InChI=1S/C19H27N3O2/c1-24-18-7-2-4-13(12-18)20-19(23)21-14-10-16-5-3-6-17(11-14)22(16)15-8-9-15/h2,4,7,12,14-17H,3,5-6,8-11H2,1H3,(H2,20,21,23). The van der Waals surface area contributed by atoms with Crippen molar-refractivity contribution in [1.82, 2.24) is 10.2 Å². The van der Waals surface area contributed by atoms with Crippen LogP contribution in [0.2, 0.25) is 0 Å². The smallest absolute Gasteiger partial charge is 0.319 e. The molecule has 2 heterocycles. The molecule has 0 aromatic heterocycles. The third kappa shape index (κ3) is 3.36. The van der Waals surface area contributed by atoms with Crippen LogP contribution in [-0.4, -0.2) is 42.2 Å². The van der Waals surface area contributed by atoms with Gasteiger partial charge in [-0.1, -0.05) is 12.5 Å². The highest BCUT2D eigenvalue weighted by Crippen LogP contribution is 2.41. The van der Waals surface area contributed by atoms with E-state index in [1.165, 1.54) is 32.1 Å². The summed E-state index contributed by atoms with van der Waals surface area (Å²) in [7, 11) is 1.63. The third-order valence-electron chi connectivity index (χ3n) is 5.66. The lowest BCUT2D eigenvalue weighted by molar-refractivity contribution is 0.0198. The maximum absolute atomic E-state index is 12.4. The Morgan fingerprint density at radius 1 is 1.12 bits per heavy atom. The number of urea groups is 1. The topological polar surface area (TPSA) is 53.6 Å². The van der Waals surface area contributed by atoms with Crippen molar-refractivity contribution in [2.45, 2.75) is 69.1 Å². The van der Waals surface area contributed by atoms with Gasteiger partial charge in [-0.2, -0.15) is 0 Å². The average molecular weight is 329 g/mol. The van der Waals surface area contributed by atoms with Gasteiger partial charge in [0.2, 0.25) is 0 Å². The molecule has 5 heteroatoms. The van der Waals surface area contributed by atoms with E-state index in [2.05, 4.69) is 15.5 Å². The molecule has 0 radical (unpaired) electrons. The van der Waals surface area contributed by atoms with Gasteiger partial charge < -0.3 is 15.4 Å². The van der Waals surface area contributed by atoms with Gasteiger partial charge in [0, 0.05) is 35.9 Å². The fraction of sp³-hybridized carbons (Fsp3) is 0.632. The lowest BCUT2D eigenvalue weighted by atomic mass is 9.81. The first-order valence-corrected chi connectivity index (χ1v) is 9.22. The molecule has 1 aliphatic carbocycles. The van der Waals surface area contributed by atoms with Gasteiger partial charge in [-0.05, 0) is 50.7 Å². The number of hydrogen-bond acceptors (Lipinski definition) is 3. The summed E-state index contributed by atoms with van der Waals surface area (Å²) >= 11 is 0. The van der Waals surface area contributed by atoms with E-state index in [1.807, 2.05) is 24.3 Å². The van der Waals surface area contributed by atoms with Crippen molar-refractivity contribution in [1.29, 1.82) is 0 Å². The highest BCUT2D eigenvalue weighted by atomic mass is 16.5. The summed E-state index contributed by atoms with van der Waals surface area (Å²) in [4.78, 5) is 15.1. The molecular formula is C19H27N3O2. The largest absolute Gasteiger partial charge is 0.497 e. The monoisotopic (exact) mass is 329 g/mol. The molecule has 1 aromatic rings. The number of piperidine rings is 2. The Labute approximate surface area is 143 Å². The maximum atomic E-state index is 12.4. The van der Waals surface area contributed by atoms with E-state index in [1.54, 1.807) is 7.11 Å². The first-order valence-electron chi connectivity index (χ1n) is 9.22. The molecule has 5 nitrogen and oxygen atoms in total. The van der Waals surface area contributed by atoms with Gasteiger partial charge in [-0.25, -0.2) is 4.79 Å². The highest BCUT2D eigenvalue weighted by Gasteiger charge is 2.45. The summed E-state index contributed by atoms with van der Waals surface area (Å²) in [6.45, 7) is 0. The van der Waals surface area contributed by atoms with E-state index in [4.69, 9.17) is 4.74 Å². The van der Waals surface area contributed by atoms with Crippen LogP contribution in [0.15, 0.2) is 24.3 Å². The first-order chi connectivity index (χ1) is 11.7. The molecule has 2 saturated heterocycles. The highest BCUT2D eigenvalue weighted by molar-refractivity contribution is 5.89. The zero-order chi connectivity index (χ0) is 16.5. The minimum absolute atomic E-state index is 0.105. The Hall–Kier alpha value is -1.75. The average Bonchev–Trinajstić information content (AvgIpc) is 3.39. The van der Waals surface area contributed by atoms with E-state index in [-0.39, 0.29) is 6.03 Å². The Kier molecular flexibility index (Phi) is 4.35. The van der Waals surface area contributed by atoms with E-state index in [0.29, 0.717) is 18.1 Å². The molecular weight excluding hydrogens is 302 g/mol. The second-order valence-corrected chi connectivity index (χ2v) is 7.42. The van der Waals surface area contributed by atoms with Gasteiger partial charge in [-0.3, -0.25) is 4.90 Å². The summed E-state index contributed by atoms with van der Waals surface area (Å²) in [5.74, 6) is 0.750. The lowest BCUT2D eigenvalue weighted by Gasteiger charge is -2.49. The van der Waals surface area contributed by atoms with Crippen molar-refractivity contribution < 1.29 is 9.53 Å². The zero-order valence-electron chi connectivity index (χ0n) is 14.3. The quantitative estimate of drug-likeness (QED) is 0.890. The van der Waals surface area contributed by atoms with Crippen molar-refractivity contribution in [2.24, 2.45) is 0 Å². The molecule has 1 saturated carbocycles. The van der Waals surface area contributed by atoms with Crippen LogP contribution in [0.3, 0.4) is 0 Å². The summed E-state index contributed by atoms with van der Waals surface area (Å²) < 4.78 is 5.20. The second kappa shape index (κ2) is 6.63. The Morgan fingerprint density at radius 2 is 1.88 bits per heavy atom. The summed E-state index contributed by atoms with van der Waals surface area (Å²) in [6.07, 6.45) is 8.88. The van der Waals surface area contributed by atoms with Crippen LogP contribution in [0, 0.1) is 0 Å². The van der Waals surface area contributed by atoms with Crippen molar-refractivity contribution in [3.63, 3.8) is 0 Å². The predicted molar refractivity (Wildman–Crippen MR) is 94.5 cm³/mol.